The highest BCUT2D eigenvalue weighted by Gasteiger charge is 2.14. The highest BCUT2D eigenvalue weighted by molar-refractivity contribution is 5.91. The van der Waals surface area contributed by atoms with Gasteiger partial charge in [0.05, 0.1) is 5.56 Å². The maximum Gasteiger partial charge on any atom is 0.338 e. The second-order valence-corrected chi connectivity index (χ2v) is 6.26. The number of anilines is 1. The first kappa shape index (κ1) is 18.5. The number of hydrogen-bond donors (Lipinski definition) is 0. The van der Waals surface area contributed by atoms with E-state index in [0.29, 0.717) is 12.1 Å². The summed E-state index contributed by atoms with van der Waals surface area (Å²) in [6.45, 7) is 2.10. The number of benzene rings is 2. The number of ether oxygens (including phenoxy) is 1. The molecule has 0 atom stereocenters. The third-order valence-electron chi connectivity index (χ3n) is 3.88. The van der Waals surface area contributed by atoms with E-state index in [2.05, 4.69) is 0 Å². The van der Waals surface area contributed by atoms with Crippen LogP contribution in [-0.2, 0) is 16.1 Å². The smallest absolute Gasteiger partial charge is 0.338 e. The number of rotatable bonds is 6. The van der Waals surface area contributed by atoms with Gasteiger partial charge < -0.3 is 14.5 Å². The van der Waals surface area contributed by atoms with Crippen molar-refractivity contribution in [3.63, 3.8) is 0 Å². The summed E-state index contributed by atoms with van der Waals surface area (Å²) in [5.41, 5.74) is 3.55. The average Bonchev–Trinajstić information content (AvgIpc) is 2.59. The van der Waals surface area contributed by atoms with E-state index in [0.717, 1.165) is 16.8 Å². The maximum absolute atomic E-state index is 12.2. The number of nitrogens with zero attached hydrogens (tertiary/aromatic N) is 2. The van der Waals surface area contributed by atoms with Crippen molar-refractivity contribution in [3.05, 3.63) is 65.2 Å². The molecule has 2 aromatic rings. The van der Waals surface area contributed by atoms with Gasteiger partial charge in [0.25, 0.3) is 5.91 Å². The molecule has 0 unspecified atom stereocenters. The van der Waals surface area contributed by atoms with Gasteiger partial charge in [-0.1, -0.05) is 29.8 Å². The summed E-state index contributed by atoms with van der Waals surface area (Å²) in [4.78, 5) is 27.7. The van der Waals surface area contributed by atoms with Crippen LogP contribution in [0.5, 0.6) is 0 Å². The van der Waals surface area contributed by atoms with Gasteiger partial charge in [0.15, 0.2) is 6.61 Å². The number of likely N-dealkylation sites (N-methyl/N-ethyl adjacent to an activating group) is 1. The minimum absolute atomic E-state index is 0.238. The highest BCUT2D eigenvalue weighted by atomic mass is 16.5. The number of carbonyl (C=O) groups is 2. The zero-order valence-electron chi connectivity index (χ0n) is 15.2. The van der Waals surface area contributed by atoms with E-state index in [9.17, 15) is 9.59 Å². The summed E-state index contributed by atoms with van der Waals surface area (Å²) in [6, 6.07) is 15.1. The highest BCUT2D eigenvalue weighted by Crippen LogP contribution is 2.13. The lowest BCUT2D eigenvalue weighted by Crippen LogP contribution is -2.30. The molecule has 0 bridgehead atoms. The van der Waals surface area contributed by atoms with E-state index in [1.165, 1.54) is 0 Å². The average molecular weight is 340 g/mol. The van der Waals surface area contributed by atoms with E-state index >= 15 is 0 Å². The maximum atomic E-state index is 12.2. The molecule has 0 heterocycles. The number of aryl methyl sites for hydroxylation is 1. The Labute approximate surface area is 148 Å². The summed E-state index contributed by atoms with van der Waals surface area (Å²) < 4.78 is 5.12. The molecular weight excluding hydrogens is 316 g/mol. The summed E-state index contributed by atoms with van der Waals surface area (Å²) in [6.07, 6.45) is 0. The first-order valence-corrected chi connectivity index (χ1v) is 8.11. The second-order valence-electron chi connectivity index (χ2n) is 6.26. The van der Waals surface area contributed by atoms with Crippen LogP contribution < -0.4 is 4.90 Å². The Morgan fingerprint density at radius 1 is 1.00 bits per heavy atom. The molecule has 0 aliphatic rings. The van der Waals surface area contributed by atoms with Gasteiger partial charge in [0, 0.05) is 33.4 Å². The Bertz CT molecular complexity index is 739. The lowest BCUT2D eigenvalue weighted by Gasteiger charge is -2.18. The molecule has 0 aliphatic heterocycles. The van der Waals surface area contributed by atoms with Gasteiger partial charge in [-0.3, -0.25) is 4.79 Å². The van der Waals surface area contributed by atoms with E-state index in [1.807, 2.05) is 56.3 Å². The molecule has 5 nitrogen and oxygen atoms in total. The van der Waals surface area contributed by atoms with E-state index < -0.39 is 5.97 Å². The van der Waals surface area contributed by atoms with Gasteiger partial charge in [0.1, 0.15) is 0 Å². The summed E-state index contributed by atoms with van der Waals surface area (Å²) >= 11 is 0. The summed E-state index contributed by atoms with van der Waals surface area (Å²) in [5.74, 6) is -0.724. The van der Waals surface area contributed by atoms with Crippen molar-refractivity contribution in [2.75, 3.05) is 32.6 Å². The largest absolute Gasteiger partial charge is 0.452 e. The summed E-state index contributed by atoms with van der Waals surface area (Å²) in [5, 5.41) is 0. The lowest BCUT2D eigenvalue weighted by molar-refractivity contribution is -0.133. The van der Waals surface area contributed by atoms with Crippen LogP contribution in [0.4, 0.5) is 5.69 Å². The third-order valence-corrected chi connectivity index (χ3v) is 3.88. The number of carbonyl (C=O) groups excluding carboxylic acids is 2. The minimum Gasteiger partial charge on any atom is -0.452 e. The van der Waals surface area contributed by atoms with Gasteiger partial charge in [-0.15, -0.1) is 0 Å². The first-order valence-electron chi connectivity index (χ1n) is 8.11. The van der Waals surface area contributed by atoms with Crippen molar-refractivity contribution < 1.29 is 14.3 Å². The monoisotopic (exact) mass is 340 g/mol. The van der Waals surface area contributed by atoms with Crippen LogP contribution in [0.2, 0.25) is 0 Å². The van der Waals surface area contributed by atoms with Gasteiger partial charge in [0.2, 0.25) is 0 Å². The van der Waals surface area contributed by atoms with Crippen molar-refractivity contribution in [1.82, 2.24) is 4.90 Å². The fraction of sp³-hybridized carbons (Fsp3) is 0.300. The first-order chi connectivity index (χ1) is 11.9. The molecule has 5 heteroatoms. The molecule has 0 aromatic heterocycles. The van der Waals surface area contributed by atoms with Gasteiger partial charge >= 0.3 is 5.97 Å². The van der Waals surface area contributed by atoms with Gasteiger partial charge in [-0.2, -0.15) is 0 Å². The van der Waals surface area contributed by atoms with Crippen LogP contribution in [0, 0.1) is 6.92 Å². The van der Waals surface area contributed by atoms with E-state index in [4.69, 9.17) is 4.74 Å². The van der Waals surface area contributed by atoms with Crippen LogP contribution in [0.15, 0.2) is 48.5 Å². The molecule has 0 saturated carbocycles. The Hall–Kier alpha value is -2.82. The fourth-order valence-corrected chi connectivity index (χ4v) is 2.35. The second kappa shape index (κ2) is 8.33. The van der Waals surface area contributed by atoms with Crippen molar-refractivity contribution >= 4 is 17.6 Å². The molecule has 0 N–H and O–H groups in total. The standard InChI is InChI=1S/C20H24N2O3/c1-15-6-5-7-17(12-15)20(24)25-14-19(23)22(4)13-16-8-10-18(11-9-16)21(2)3/h5-12H,13-14H2,1-4H3. The molecule has 132 valence electrons. The summed E-state index contributed by atoms with van der Waals surface area (Å²) in [7, 11) is 5.66. The zero-order chi connectivity index (χ0) is 18.4. The van der Waals surface area contributed by atoms with Gasteiger partial charge in [-0.05, 0) is 36.8 Å². The Balaban J connectivity index is 1.86. The van der Waals surface area contributed by atoms with Crippen LogP contribution >= 0.6 is 0 Å². The van der Waals surface area contributed by atoms with Crippen molar-refractivity contribution in [2.24, 2.45) is 0 Å². The zero-order valence-corrected chi connectivity index (χ0v) is 15.2. The van der Waals surface area contributed by atoms with E-state index in [-0.39, 0.29) is 12.5 Å². The Morgan fingerprint density at radius 2 is 1.68 bits per heavy atom. The Kier molecular flexibility index (Phi) is 6.17. The van der Waals surface area contributed by atoms with Crippen molar-refractivity contribution in [2.45, 2.75) is 13.5 Å². The quantitative estimate of drug-likeness (QED) is 0.759. The van der Waals surface area contributed by atoms with Crippen LogP contribution in [0.1, 0.15) is 21.5 Å². The molecule has 2 aromatic carbocycles. The minimum atomic E-state index is -0.485. The van der Waals surface area contributed by atoms with Crippen LogP contribution in [-0.4, -0.2) is 44.5 Å². The predicted molar refractivity (Wildman–Crippen MR) is 98.7 cm³/mol. The molecule has 25 heavy (non-hydrogen) atoms. The molecular formula is C20H24N2O3. The third kappa shape index (κ3) is 5.35. The fourth-order valence-electron chi connectivity index (χ4n) is 2.35. The molecule has 0 saturated heterocycles. The topological polar surface area (TPSA) is 49.9 Å². The normalized spacial score (nSPS) is 10.2. The number of esters is 1. The van der Waals surface area contributed by atoms with Crippen molar-refractivity contribution in [3.8, 4) is 0 Å². The number of amides is 1. The predicted octanol–water partition coefficient (Wildman–Crippen LogP) is 2.88. The van der Waals surface area contributed by atoms with Crippen LogP contribution in [0.3, 0.4) is 0 Å². The van der Waals surface area contributed by atoms with Crippen LogP contribution in [0.25, 0.3) is 0 Å². The van der Waals surface area contributed by atoms with Crippen molar-refractivity contribution in [1.29, 1.82) is 0 Å². The lowest BCUT2D eigenvalue weighted by atomic mass is 10.1. The number of hydrogen-bond acceptors (Lipinski definition) is 4. The van der Waals surface area contributed by atoms with Gasteiger partial charge in [-0.25, -0.2) is 4.79 Å². The molecule has 0 fully saturated rings. The molecule has 0 aliphatic carbocycles. The molecule has 1 amide bonds. The molecule has 0 spiro atoms. The molecule has 0 radical (unpaired) electrons. The SMILES string of the molecule is Cc1cccc(C(=O)OCC(=O)N(C)Cc2ccc(N(C)C)cc2)c1. The molecule has 2 rings (SSSR count). The Morgan fingerprint density at radius 3 is 2.28 bits per heavy atom. The van der Waals surface area contributed by atoms with E-state index in [1.54, 1.807) is 30.1 Å².